The van der Waals surface area contributed by atoms with E-state index in [4.69, 9.17) is 4.74 Å². The molecule has 0 aliphatic carbocycles. The van der Waals surface area contributed by atoms with Gasteiger partial charge in [-0.15, -0.1) is 0 Å². The van der Waals surface area contributed by atoms with Crippen LogP contribution in [0.15, 0.2) is 42.5 Å². The van der Waals surface area contributed by atoms with Gasteiger partial charge in [0.2, 0.25) is 0 Å². The van der Waals surface area contributed by atoms with Crippen molar-refractivity contribution in [2.75, 3.05) is 12.0 Å². The van der Waals surface area contributed by atoms with Crippen molar-refractivity contribution in [3.63, 3.8) is 0 Å². The Kier molecular flexibility index (Phi) is 3.94. The highest BCUT2D eigenvalue weighted by atomic mass is 16.5. The highest BCUT2D eigenvalue weighted by Gasteiger charge is 2.21. The topological polar surface area (TPSA) is 49.8 Å². The molecule has 2 aromatic carbocycles. The Bertz CT molecular complexity index is 600. The maximum atomic E-state index is 11.7. The van der Waals surface area contributed by atoms with Crippen LogP contribution >= 0.6 is 0 Å². The molecule has 0 saturated carbocycles. The average molecular weight is 271 g/mol. The smallest absolute Gasteiger partial charge is 0.416 e. The minimum Gasteiger partial charge on any atom is -0.497 e. The Hall–Kier alpha value is -2.49. The molecule has 0 aliphatic heterocycles. The van der Waals surface area contributed by atoms with Crippen LogP contribution in [0.2, 0.25) is 0 Å². The number of rotatable bonds is 3. The van der Waals surface area contributed by atoms with Crippen molar-refractivity contribution >= 4 is 17.5 Å². The summed E-state index contributed by atoms with van der Waals surface area (Å²) in [6.45, 7) is 3.76. The predicted molar refractivity (Wildman–Crippen MR) is 79.1 cm³/mol. The second-order valence-corrected chi connectivity index (χ2v) is 4.56. The van der Waals surface area contributed by atoms with Crippen molar-refractivity contribution in [2.45, 2.75) is 13.8 Å². The Morgan fingerprint density at radius 1 is 1.10 bits per heavy atom. The third-order valence-corrected chi connectivity index (χ3v) is 3.13. The molecule has 4 heteroatoms. The van der Waals surface area contributed by atoms with E-state index in [0.29, 0.717) is 11.4 Å². The molecule has 0 radical (unpaired) electrons. The summed E-state index contributed by atoms with van der Waals surface area (Å²) < 4.78 is 5.21. The lowest BCUT2D eigenvalue weighted by molar-refractivity contribution is 0.204. The molecule has 1 N–H and O–H groups in total. The second-order valence-electron chi connectivity index (χ2n) is 4.56. The van der Waals surface area contributed by atoms with Crippen molar-refractivity contribution in [3.8, 4) is 5.75 Å². The lowest BCUT2D eigenvalue weighted by Crippen LogP contribution is -2.25. The van der Waals surface area contributed by atoms with E-state index in [1.807, 2.05) is 44.2 Å². The molecule has 0 unspecified atom stereocenters. The first-order valence-electron chi connectivity index (χ1n) is 6.28. The van der Waals surface area contributed by atoms with Gasteiger partial charge in [-0.2, -0.15) is 0 Å². The molecule has 0 fully saturated rings. The van der Waals surface area contributed by atoms with Gasteiger partial charge in [0.05, 0.1) is 18.5 Å². The Morgan fingerprint density at radius 2 is 1.65 bits per heavy atom. The van der Waals surface area contributed by atoms with E-state index in [-0.39, 0.29) is 0 Å². The van der Waals surface area contributed by atoms with E-state index < -0.39 is 6.09 Å². The minimum atomic E-state index is -1.01. The number of hydrogen-bond donors (Lipinski definition) is 1. The first-order chi connectivity index (χ1) is 9.54. The molecule has 0 spiro atoms. The lowest BCUT2D eigenvalue weighted by Gasteiger charge is -2.24. The minimum absolute atomic E-state index is 0.622. The molecule has 2 aromatic rings. The number of aryl methyl sites for hydroxylation is 2. The number of nitrogens with zero attached hydrogens (tertiary/aromatic N) is 1. The maximum Gasteiger partial charge on any atom is 0.416 e. The monoisotopic (exact) mass is 271 g/mol. The number of ether oxygens (including phenoxy) is 1. The van der Waals surface area contributed by atoms with Crippen LogP contribution in [-0.4, -0.2) is 18.3 Å². The molecule has 0 aromatic heterocycles. The largest absolute Gasteiger partial charge is 0.497 e. The van der Waals surface area contributed by atoms with Crippen LogP contribution in [0.4, 0.5) is 16.2 Å². The standard InChI is InChI=1S/C16H17NO3/c1-11-9-14(20-3)10-12(2)15(11)17(16(18)19)13-7-5-4-6-8-13/h4-10H,1-3H3,(H,18,19). The van der Waals surface area contributed by atoms with Gasteiger partial charge in [0.15, 0.2) is 0 Å². The van der Waals surface area contributed by atoms with Crippen LogP contribution in [0.5, 0.6) is 5.75 Å². The summed E-state index contributed by atoms with van der Waals surface area (Å²) in [5.74, 6) is 0.724. The van der Waals surface area contributed by atoms with E-state index in [2.05, 4.69) is 0 Å². The molecule has 4 nitrogen and oxygen atoms in total. The second kappa shape index (κ2) is 5.65. The first kappa shape index (κ1) is 13.9. The Balaban J connectivity index is 2.59. The van der Waals surface area contributed by atoms with Gasteiger partial charge < -0.3 is 9.84 Å². The van der Waals surface area contributed by atoms with Crippen LogP contribution in [0.3, 0.4) is 0 Å². The number of carboxylic acid groups (broad SMARTS) is 1. The summed E-state index contributed by atoms with van der Waals surface area (Å²) in [6.07, 6.45) is -1.01. The summed E-state index contributed by atoms with van der Waals surface area (Å²) in [7, 11) is 1.60. The van der Waals surface area contributed by atoms with Gasteiger partial charge in [0, 0.05) is 0 Å². The molecule has 20 heavy (non-hydrogen) atoms. The fourth-order valence-electron chi connectivity index (χ4n) is 2.30. The molecule has 0 aliphatic rings. The van der Waals surface area contributed by atoms with E-state index in [0.717, 1.165) is 16.9 Å². The van der Waals surface area contributed by atoms with Crippen molar-refractivity contribution in [2.24, 2.45) is 0 Å². The van der Waals surface area contributed by atoms with Gasteiger partial charge in [-0.1, -0.05) is 18.2 Å². The fourth-order valence-corrected chi connectivity index (χ4v) is 2.30. The summed E-state index contributed by atoms with van der Waals surface area (Å²) in [4.78, 5) is 12.9. The van der Waals surface area contributed by atoms with E-state index >= 15 is 0 Å². The lowest BCUT2D eigenvalue weighted by atomic mass is 10.1. The molecule has 1 amide bonds. The van der Waals surface area contributed by atoms with Crippen LogP contribution in [-0.2, 0) is 0 Å². The van der Waals surface area contributed by atoms with E-state index in [1.165, 1.54) is 4.90 Å². The van der Waals surface area contributed by atoms with Crippen molar-refractivity contribution < 1.29 is 14.6 Å². The third-order valence-electron chi connectivity index (χ3n) is 3.13. The number of anilines is 2. The van der Waals surface area contributed by atoms with Crippen LogP contribution in [0.1, 0.15) is 11.1 Å². The molecule has 2 rings (SSSR count). The number of carbonyl (C=O) groups is 1. The Labute approximate surface area is 118 Å². The molecular formula is C16H17NO3. The van der Waals surface area contributed by atoms with Crippen LogP contribution in [0.25, 0.3) is 0 Å². The number of methoxy groups -OCH3 is 1. The van der Waals surface area contributed by atoms with Crippen LogP contribution in [0, 0.1) is 13.8 Å². The van der Waals surface area contributed by atoms with Crippen molar-refractivity contribution in [3.05, 3.63) is 53.6 Å². The van der Waals surface area contributed by atoms with Gasteiger partial charge in [-0.05, 0) is 49.2 Å². The molecular weight excluding hydrogens is 254 g/mol. The van der Waals surface area contributed by atoms with Crippen LogP contribution < -0.4 is 9.64 Å². The SMILES string of the molecule is COc1cc(C)c(N(C(=O)O)c2ccccc2)c(C)c1. The number of benzene rings is 2. The Morgan fingerprint density at radius 3 is 2.10 bits per heavy atom. The quantitative estimate of drug-likeness (QED) is 0.913. The third kappa shape index (κ3) is 2.59. The molecule has 0 heterocycles. The zero-order chi connectivity index (χ0) is 14.7. The van der Waals surface area contributed by atoms with Gasteiger partial charge in [-0.25, -0.2) is 9.69 Å². The van der Waals surface area contributed by atoms with E-state index in [1.54, 1.807) is 19.2 Å². The van der Waals surface area contributed by atoms with E-state index in [9.17, 15) is 9.90 Å². The number of amides is 1. The zero-order valence-corrected chi connectivity index (χ0v) is 11.8. The summed E-state index contributed by atoms with van der Waals surface area (Å²) >= 11 is 0. The fraction of sp³-hybridized carbons (Fsp3) is 0.188. The highest BCUT2D eigenvalue weighted by molar-refractivity contribution is 5.96. The molecule has 104 valence electrons. The average Bonchev–Trinajstić information content (AvgIpc) is 2.43. The normalized spacial score (nSPS) is 10.2. The number of para-hydroxylation sites is 1. The summed E-state index contributed by atoms with van der Waals surface area (Å²) in [6, 6.07) is 12.7. The maximum absolute atomic E-state index is 11.7. The van der Waals surface area contributed by atoms with Gasteiger partial charge in [-0.3, -0.25) is 0 Å². The molecule has 0 atom stereocenters. The van der Waals surface area contributed by atoms with Gasteiger partial charge in [0.1, 0.15) is 5.75 Å². The molecule has 0 saturated heterocycles. The van der Waals surface area contributed by atoms with Crippen molar-refractivity contribution in [1.29, 1.82) is 0 Å². The number of hydrogen-bond acceptors (Lipinski definition) is 2. The zero-order valence-electron chi connectivity index (χ0n) is 11.8. The van der Waals surface area contributed by atoms with Gasteiger partial charge >= 0.3 is 6.09 Å². The highest BCUT2D eigenvalue weighted by Crippen LogP contribution is 2.34. The summed E-state index contributed by atoms with van der Waals surface area (Å²) in [5.41, 5.74) is 3.00. The van der Waals surface area contributed by atoms with Gasteiger partial charge in [0.25, 0.3) is 0 Å². The predicted octanol–water partition coefficient (Wildman–Crippen LogP) is 4.13. The van der Waals surface area contributed by atoms with Crippen molar-refractivity contribution in [1.82, 2.24) is 0 Å². The summed E-state index contributed by atoms with van der Waals surface area (Å²) in [5, 5.41) is 9.55. The first-order valence-corrected chi connectivity index (χ1v) is 6.28. The molecule has 0 bridgehead atoms.